The van der Waals surface area contributed by atoms with Crippen LogP contribution in [0.2, 0.25) is 0 Å². The molecule has 102 valence electrons. The Bertz CT molecular complexity index is 643. The smallest absolute Gasteiger partial charge is 0.136 e. The lowest BCUT2D eigenvalue weighted by atomic mass is 10.2. The van der Waals surface area contributed by atoms with Gasteiger partial charge in [-0.15, -0.1) is 0 Å². The molecule has 0 aliphatic carbocycles. The average Bonchev–Trinajstić information content (AvgIpc) is 2.37. The Balaban J connectivity index is 2.29. The summed E-state index contributed by atoms with van der Waals surface area (Å²) in [6, 6.07) is 11.6. The van der Waals surface area contributed by atoms with Gasteiger partial charge in [-0.1, -0.05) is 12.1 Å². The van der Waals surface area contributed by atoms with Gasteiger partial charge in [-0.25, -0.2) is 9.97 Å². The van der Waals surface area contributed by atoms with E-state index in [9.17, 15) is 0 Å². The SMILES string of the molecule is Cc1nc(Nc2ccccc2C#N)cc(NC(C)C)n1. The largest absolute Gasteiger partial charge is 0.368 e. The molecular weight excluding hydrogens is 250 g/mol. The minimum atomic E-state index is 0.295. The maximum Gasteiger partial charge on any atom is 0.136 e. The molecule has 0 saturated carbocycles. The molecule has 0 radical (unpaired) electrons. The van der Waals surface area contributed by atoms with Gasteiger partial charge in [0.25, 0.3) is 0 Å². The number of para-hydroxylation sites is 1. The minimum absolute atomic E-state index is 0.295. The van der Waals surface area contributed by atoms with Crippen molar-refractivity contribution in [2.75, 3.05) is 10.6 Å². The van der Waals surface area contributed by atoms with E-state index in [4.69, 9.17) is 5.26 Å². The zero-order chi connectivity index (χ0) is 14.5. The number of hydrogen-bond donors (Lipinski definition) is 2. The third kappa shape index (κ3) is 3.45. The first-order chi connectivity index (χ1) is 9.58. The van der Waals surface area contributed by atoms with E-state index in [0.29, 0.717) is 23.2 Å². The summed E-state index contributed by atoms with van der Waals surface area (Å²) in [7, 11) is 0. The molecule has 0 atom stereocenters. The summed E-state index contributed by atoms with van der Waals surface area (Å²) in [5, 5.41) is 15.5. The van der Waals surface area contributed by atoms with Crippen LogP contribution in [0.1, 0.15) is 25.2 Å². The molecule has 1 aromatic carbocycles. The van der Waals surface area contributed by atoms with E-state index in [0.717, 1.165) is 11.5 Å². The highest BCUT2D eigenvalue weighted by molar-refractivity contribution is 5.65. The van der Waals surface area contributed by atoms with E-state index in [1.807, 2.05) is 31.2 Å². The lowest BCUT2D eigenvalue weighted by molar-refractivity contribution is 0.881. The molecule has 0 aliphatic rings. The Morgan fingerprint density at radius 3 is 2.55 bits per heavy atom. The van der Waals surface area contributed by atoms with Crippen molar-refractivity contribution in [1.29, 1.82) is 5.26 Å². The molecule has 1 heterocycles. The Hall–Kier alpha value is -2.61. The number of anilines is 3. The summed E-state index contributed by atoms with van der Waals surface area (Å²) >= 11 is 0. The molecule has 0 fully saturated rings. The first kappa shape index (κ1) is 13.8. The van der Waals surface area contributed by atoms with Gasteiger partial charge in [0.15, 0.2) is 0 Å². The highest BCUT2D eigenvalue weighted by atomic mass is 15.1. The van der Waals surface area contributed by atoms with Gasteiger partial charge in [0, 0.05) is 12.1 Å². The normalized spacial score (nSPS) is 10.2. The van der Waals surface area contributed by atoms with E-state index in [1.165, 1.54) is 0 Å². The van der Waals surface area contributed by atoms with Gasteiger partial charge >= 0.3 is 0 Å². The Morgan fingerprint density at radius 2 is 1.85 bits per heavy atom. The van der Waals surface area contributed by atoms with Crippen molar-refractivity contribution in [2.45, 2.75) is 26.8 Å². The van der Waals surface area contributed by atoms with Crippen LogP contribution >= 0.6 is 0 Å². The molecule has 20 heavy (non-hydrogen) atoms. The quantitative estimate of drug-likeness (QED) is 0.889. The summed E-state index contributed by atoms with van der Waals surface area (Å²) in [6.07, 6.45) is 0. The second-order valence-electron chi connectivity index (χ2n) is 4.77. The summed E-state index contributed by atoms with van der Waals surface area (Å²) < 4.78 is 0. The molecule has 0 bridgehead atoms. The van der Waals surface area contributed by atoms with E-state index in [2.05, 4.69) is 40.5 Å². The van der Waals surface area contributed by atoms with Crippen LogP contribution in [0.4, 0.5) is 17.3 Å². The topological polar surface area (TPSA) is 73.6 Å². The fraction of sp³-hybridized carbons (Fsp3) is 0.267. The van der Waals surface area contributed by atoms with Gasteiger partial charge in [-0.2, -0.15) is 5.26 Å². The number of aryl methyl sites for hydroxylation is 1. The average molecular weight is 267 g/mol. The fourth-order valence-corrected chi connectivity index (χ4v) is 1.83. The second-order valence-corrected chi connectivity index (χ2v) is 4.77. The van der Waals surface area contributed by atoms with Gasteiger partial charge in [-0.05, 0) is 32.9 Å². The molecule has 2 N–H and O–H groups in total. The zero-order valence-corrected chi connectivity index (χ0v) is 11.8. The predicted molar refractivity (Wildman–Crippen MR) is 80.0 cm³/mol. The number of benzene rings is 1. The van der Waals surface area contributed by atoms with Crippen LogP contribution in [0, 0.1) is 18.3 Å². The van der Waals surface area contributed by atoms with Crippen LogP contribution in [-0.4, -0.2) is 16.0 Å². The molecule has 1 aromatic heterocycles. The van der Waals surface area contributed by atoms with Crippen molar-refractivity contribution >= 4 is 17.3 Å². The molecule has 5 nitrogen and oxygen atoms in total. The second kappa shape index (κ2) is 6.02. The molecule has 0 saturated heterocycles. The summed E-state index contributed by atoms with van der Waals surface area (Å²) in [4.78, 5) is 8.67. The standard InChI is InChI=1S/C15H17N5/c1-10(2)17-14-8-15(19-11(3)18-14)20-13-7-5-4-6-12(13)9-16/h4-8,10H,1-3H3,(H2,17,18,19,20). The third-order valence-electron chi connectivity index (χ3n) is 2.58. The van der Waals surface area contributed by atoms with E-state index < -0.39 is 0 Å². The van der Waals surface area contributed by atoms with Crippen LogP contribution < -0.4 is 10.6 Å². The first-order valence-corrected chi connectivity index (χ1v) is 6.47. The third-order valence-corrected chi connectivity index (χ3v) is 2.58. The van der Waals surface area contributed by atoms with Crippen LogP contribution in [0.5, 0.6) is 0 Å². The van der Waals surface area contributed by atoms with Gasteiger partial charge in [0.1, 0.15) is 23.5 Å². The Labute approximate surface area is 118 Å². The predicted octanol–water partition coefficient (Wildman–Crippen LogP) is 3.22. The van der Waals surface area contributed by atoms with Crippen molar-refractivity contribution in [3.05, 3.63) is 41.7 Å². The molecule has 0 amide bonds. The highest BCUT2D eigenvalue weighted by Crippen LogP contribution is 2.20. The number of nitriles is 1. The van der Waals surface area contributed by atoms with Gasteiger partial charge in [0.05, 0.1) is 11.3 Å². The highest BCUT2D eigenvalue weighted by Gasteiger charge is 2.06. The lowest BCUT2D eigenvalue weighted by Gasteiger charge is -2.12. The molecule has 5 heteroatoms. The zero-order valence-electron chi connectivity index (χ0n) is 11.8. The Kier molecular flexibility index (Phi) is 4.16. The van der Waals surface area contributed by atoms with Crippen molar-refractivity contribution in [3.8, 4) is 6.07 Å². The van der Waals surface area contributed by atoms with Gasteiger partial charge in [0.2, 0.25) is 0 Å². The molecule has 0 spiro atoms. The summed E-state index contributed by atoms with van der Waals surface area (Å²) in [5.74, 6) is 2.11. The molecule has 0 aliphatic heterocycles. The van der Waals surface area contributed by atoms with Gasteiger partial charge in [-0.3, -0.25) is 0 Å². The van der Waals surface area contributed by atoms with E-state index >= 15 is 0 Å². The van der Waals surface area contributed by atoms with E-state index in [1.54, 1.807) is 6.07 Å². The Morgan fingerprint density at radius 1 is 1.15 bits per heavy atom. The monoisotopic (exact) mass is 267 g/mol. The minimum Gasteiger partial charge on any atom is -0.368 e. The van der Waals surface area contributed by atoms with Crippen LogP contribution in [0.15, 0.2) is 30.3 Å². The van der Waals surface area contributed by atoms with Crippen LogP contribution in [-0.2, 0) is 0 Å². The van der Waals surface area contributed by atoms with Crippen LogP contribution in [0.25, 0.3) is 0 Å². The van der Waals surface area contributed by atoms with Crippen molar-refractivity contribution in [2.24, 2.45) is 0 Å². The molecule has 2 aromatic rings. The number of rotatable bonds is 4. The number of nitrogens with zero attached hydrogens (tertiary/aromatic N) is 3. The summed E-state index contributed by atoms with van der Waals surface area (Å²) in [5.41, 5.74) is 1.32. The van der Waals surface area contributed by atoms with Crippen molar-refractivity contribution in [1.82, 2.24) is 9.97 Å². The van der Waals surface area contributed by atoms with Crippen LogP contribution in [0.3, 0.4) is 0 Å². The van der Waals surface area contributed by atoms with Crippen molar-refractivity contribution in [3.63, 3.8) is 0 Å². The summed E-state index contributed by atoms with van der Waals surface area (Å²) in [6.45, 7) is 5.94. The number of nitrogens with one attached hydrogen (secondary N) is 2. The van der Waals surface area contributed by atoms with E-state index in [-0.39, 0.29) is 0 Å². The number of hydrogen-bond acceptors (Lipinski definition) is 5. The fourth-order valence-electron chi connectivity index (χ4n) is 1.83. The van der Waals surface area contributed by atoms with Crippen molar-refractivity contribution < 1.29 is 0 Å². The lowest BCUT2D eigenvalue weighted by Crippen LogP contribution is -2.12. The first-order valence-electron chi connectivity index (χ1n) is 6.47. The van der Waals surface area contributed by atoms with Gasteiger partial charge < -0.3 is 10.6 Å². The molecular formula is C15H17N5. The maximum absolute atomic E-state index is 9.09. The molecule has 2 rings (SSSR count). The number of aromatic nitrogens is 2. The maximum atomic E-state index is 9.09. The molecule has 0 unspecified atom stereocenters.